The van der Waals surface area contributed by atoms with Crippen LogP contribution in [0, 0.1) is 0 Å². The molecule has 0 bridgehead atoms. The van der Waals surface area contributed by atoms with Gasteiger partial charge in [-0.3, -0.25) is 9.89 Å². The molecule has 0 unspecified atom stereocenters. The van der Waals surface area contributed by atoms with Crippen molar-refractivity contribution < 1.29 is 4.42 Å². The first-order valence-corrected chi connectivity index (χ1v) is 7.25. The lowest BCUT2D eigenvalue weighted by molar-refractivity contribution is 0.577. The number of nitrogens with zero attached hydrogens (tertiary/aromatic N) is 5. The third kappa shape index (κ3) is 1.86. The second-order valence-corrected chi connectivity index (χ2v) is 5.28. The molecule has 0 saturated carbocycles. The lowest BCUT2D eigenvalue weighted by Gasteiger charge is -2.01. The number of pyridine rings is 1. The van der Waals surface area contributed by atoms with Gasteiger partial charge in [-0.2, -0.15) is 9.50 Å². The van der Waals surface area contributed by atoms with Crippen LogP contribution in [0.25, 0.3) is 34.3 Å². The molecule has 0 aliphatic rings. The Labute approximate surface area is 134 Å². The van der Waals surface area contributed by atoms with Gasteiger partial charge in [-0.25, -0.2) is 9.97 Å². The Bertz CT molecular complexity index is 1230. The highest BCUT2D eigenvalue weighted by Crippen LogP contribution is 2.19. The molecule has 8 heteroatoms. The van der Waals surface area contributed by atoms with Crippen LogP contribution in [0.2, 0.25) is 0 Å². The number of aromatic amines is 1. The molecule has 24 heavy (non-hydrogen) atoms. The minimum Gasteiger partial charge on any atom is -0.461 e. The van der Waals surface area contributed by atoms with E-state index in [1.165, 1.54) is 10.6 Å². The van der Waals surface area contributed by atoms with Crippen LogP contribution in [0.4, 0.5) is 0 Å². The van der Waals surface area contributed by atoms with E-state index in [-0.39, 0.29) is 11.3 Å². The molecule has 116 valence electrons. The Kier molecular flexibility index (Phi) is 2.49. The first-order chi connectivity index (χ1) is 11.8. The summed E-state index contributed by atoms with van der Waals surface area (Å²) in [5, 5.41) is 2.89. The van der Waals surface area contributed by atoms with Crippen molar-refractivity contribution in [1.29, 1.82) is 0 Å². The highest BCUT2D eigenvalue weighted by Gasteiger charge is 2.12. The quantitative estimate of drug-likeness (QED) is 0.537. The van der Waals surface area contributed by atoms with Crippen molar-refractivity contribution in [2.24, 2.45) is 0 Å². The Morgan fingerprint density at radius 1 is 1.17 bits per heavy atom. The Morgan fingerprint density at radius 2 is 2.12 bits per heavy atom. The first-order valence-electron chi connectivity index (χ1n) is 7.25. The number of nitrogens with one attached hydrogen (secondary N) is 1. The summed E-state index contributed by atoms with van der Waals surface area (Å²) >= 11 is 0. The summed E-state index contributed by atoms with van der Waals surface area (Å²) in [5.74, 6) is 1.28. The van der Waals surface area contributed by atoms with E-state index in [1.54, 1.807) is 24.6 Å². The van der Waals surface area contributed by atoms with Crippen LogP contribution in [0.3, 0.4) is 0 Å². The average Bonchev–Trinajstić information content (AvgIpc) is 3.32. The lowest BCUT2D eigenvalue weighted by Crippen LogP contribution is -2.14. The highest BCUT2D eigenvalue weighted by molar-refractivity contribution is 5.62. The molecule has 0 aliphatic carbocycles. The Hall–Kier alpha value is -3.68. The van der Waals surface area contributed by atoms with Crippen LogP contribution < -0.4 is 5.56 Å². The number of aromatic nitrogens is 6. The van der Waals surface area contributed by atoms with E-state index in [0.29, 0.717) is 17.3 Å². The zero-order valence-electron chi connectivity index (χ0n) is 12.2. The molecule has 0 fully saturated rings. The van der Waals surface area contributed by atoms with Crippen molar-refractivity contribution in [3.63, 3.8) is 0 Å². The predicted octanol–water partition coefficient (Wildman–Crippen LogP) is 1.99. The van der Waals surface area contributed by atoms with E-state index >= 15 is 0 Å². The fraction of sp³-hybridized carbons (Fsp3) is 0. The maximum atomic E-state index is 12.4. The van der Waals surface area contributed by atoms with Crippen LogP contribution >= 0.6 is 0 Å². The highest BCUT2D eigenvalue weighted by atomic mass is 16.3. The van der Waals surface area contributed by atoms with Crippen molar-refractivity contribution >= 4 is 11.4 Å². The smallest absolute Gasteiger partial charge is 0.274 e. The Balaban J connectivity index is 1.70. The van der Waals surface area contributed by atoms with Gasteiger partial charge in [-0.15, -0.1) is 0 Å². The third-order valence-electron chi connectivity index (χ3n) is 3.77. The first kappa shape index (κ1) is 12.8. The fourth-order valence-electron chi connectivity index (χ4n) is 2.62. The molecule has 8 nitrogen and oxygen atoms in total. The molecule has 0 aliphatic heterocycles. The molecule has 1 N–H and O–H groups in total. The zero-order valence-corrected chi connectivity index (χ0v) is 12.2. The SMILES string of the molecule is O=c1cc(-c2ccc3nccn3c2)nc2nc(-c3ccco3)[nH]n12. The largest absolute Gasteiger partial charge is 0.461 e. The van der Waals surface area contributed by atoms with E-state index in [0.717, 1.165) is 11.2 Å². The molecule has 0 radical (unpaired) electrons. The van der Waals surface area contributed by atoms with Gasteiger partial charge in [-0.1, -0.05) is 0 Å². The van der Waals surface area contributed by atoms with Gasteiger partial charge >= 0.3 is 0 Å². The average molecular weight is 318 g/mol. The summed E-state index contributed by atoms with van der Waals surface area (Å²) in [6, 6.07) is 8.73. The molecule has 0 amide bonds. The number of fused-ring (bicyclic) bond motifs is 2. The summed E-state index contributed by atoms with van der Waals surface area (Å²) in [7, 11) is 0. The van der Waals surface area contributed by atoms with Gasteiger partial charge in [-0.05, 0) is 24.3 Å². The number of hydrogen-bond donors (Lipinski definition) is 1. The van der Waals surface area contributed by atoms with Crippen LogP contribution in [-0.4, -0.2) is 29.0 Å². The standard InChI is InChI=1S/C16H10N6O2/c23-14-8-11(10-3-4-13-17-5-6-21(13)9-10)18-16-19-15(20-22(14)16)12-2-1-7-24-12/h1-9H,(H,18,19,20). The fourth-order valence-corrected chi connectivity index (χ4v) is 2.62. The summed E-state index contributed by atoms with van der Waals surface area (Å²) < 4.78 is 8.46. The minimum atomic E-state index is -0.244. The van der Waals surface area contributed by atoms with Crippen molar-refractivity contribution in [3.8, 4) is 22.8 Å². The van der Waals surface area contributed by atoms with Crippen molar-refractivity contribution in [3.05, 3.63) is 65.5 Å². The van der Waals surface area contributed by atoms with Crippen LogP contribution in [0.15, 0.2) is 64.4 Å². The molecule has 0 atom stereocenters. The summed E-state index contributed by atoms with van der Waals surface area (Å²) in [4.78, 5) is 25.4. The zero-order chi connectivity index (χ0) is 16.1. The second-order valence-electron chi connectivity index (χ2n) is 5.28. The van der Waals surface area contributed by atoms with E-state index in [2.05, 4.69) is 20.1 Å². The van der Waals surface area contributed by atoms with Gasteiger partial charge in [0.25, 0.3) is 11.3 Å². The summed E-state index contributed by atoms with van der Waals surface area (Å²) in [6.07, 6.45) is 6.98. The molecule has 0 spiro atoms. The van der Waals surface area contributed by atoms with E-state index in [4.69, 9.17) is 4.42 Å². The van der Waals surface area contributed by atoms with Crippen LogP contribution in [0.1, 0.15) is 0 Å². The number of H-pyrrole nitrogens is 1. The van der Waals surface area contributed by atoms with Gasteiger partial charge in [0, 0.05) is 30.2 Å². The molecule has 5 aromatic heterocycles. The number of imidazole rings is 1. The summed E-state index contributed by atoms with van der Waals surface area (Å²) in [6.45, 7) is 0. The van der Waals surface area contributed by atoms with Crippen LogP contribution in [-0.2, 0) is 0 Å². The van der Waals surface area contributed by atoms with E-state index in [9.17, 15) is 4.79 Å². The monoisotopic (exact) mass is 318 g/mol. The van der Waals surface area contributed by atoms with Gasteiger partial charge < -0.3 is 8.82 Å². The molecular weight excluding hydrogens is 308 g/mol. The minimum absolute atomic E-state index is 0.244. The van der Waals surface area contributed by atoms with Crippen LogP contribution in [0.5, 0.6) is 0 Å². The Morgan fingerprint density at radius 3 is 3.00 bits per heavy atom. The molecule has 0 saturated heterocycles. The maximum Gasteiger partial charge on any atom is 0.274 e. The molecular formula is C16H10N6O2. The molecule has 5 aromatic rings. The summed E-state index contributed by atoms with van der Waals surface area (Å²) in [5.41, 5.74) is 1.94. The van der Waals surface area contributed by atoms with Gasteiger partial charge in [0.15, 0.2) is 11.6 Å². The van der Waals surface area contributed by atoms with Gasteiger partial charge in [0.2, 0.25) is 0 Å². The predicted molar refractivity (Wildman–Crippen MR) is 85.5 cm³/mol. The third-order valence-corrected chi connectivity index (χ3v) is 3.77. The number of rotatable bonds is 2. The normalized spacial score (nSPS) is 11.5. The topological polar surface area (TPSA) is 93.5 Å². The molecule has 5 heterocycles. The maximum absolute atomic E-state index is 12.4. The van der Waals surface area contributed by atoms with E-state index in [1.807, 2.05) is 28.9 Å². The molecule has 5 rings (SSSR count). The number of furan rings is 1. The van der Waals surface area contributed by atoms with E-state index < -0.39 is 0 Å². The van der Waals surface area contributed by atoms with Crippen molar-refractivity contribution in [2.75, 3.05) is 0 Å². The second kappa shape index (κ2) is 4.66. The molecule has 0 aromatic carbocycles. The van der Waals surface area contributed by atoms with Gasteiger partial charge in [0.05, 0.1) is 12.0 Å². The number of hydrogen-bond acceptors (Lipinski definition) is 5. The lowest BCUT2D eigenvalue weighted by atomic mass is 10.2. The van der Waals surface area contributed by atoms with Crippen molar-refractivity contribution in [1.82, 2.24) is 29.0 Å². The van der Waals surface area contributed by atoms with Crippen molar-refractivity contribution in [2.45, 2.75) is 0 Å². The van der Waals surface area contributed by atoms with Gasteiger partial charge in [0.1, 0.15) is 5.65 Å².